The summed E-state index contributed by atoms with van der Waals surface area (Å²) in [6.45, 7) is 2.32. The number of nitrogens with two attached hydrogens (primary N) is 1. The van der Waals surface area contributed by atoms with E-state index in [2.05, 4.69) is 19.1 Å². The smallest absolute Gasteiger partial charge is 0.314 e. The average molecular weight is 350 g/mol. The van der Waals surface area contributed by atoms with E-state index in [-0.39, 0.29) is 35.8 Å². The Labute approximate surface area is 150 Å². The Morgan fingerprint density at radius 1 is 1.21 bits per heavy atom. The number of carbonyl (C=O) groups excluding carboxylic acids is 1. The zero-order valence-corrected chi connectivity index (χ0v) is 15.2. The molecule has 2 saturated carbocycles. The van der Waals surface area contributed by atoms with E-state index < -0.39 is 0 Å². The number of fused-ring (bicyclic) bond motifs is 4. The van der Waals surface area contributed by atoms with Gasteiger partial charge < -0.3 is 10.5 Å². The van der Waals surface area contributed by atoms with Crippen molar-refractivity contribution in [3.8, 4) is 5.75 Å². The van der Waals surface area contributed by atoms with Gasteiger partial charge in [-0.2, -0.15) is 0 Å². The molecule has 2 fully saturated rings. The molecule has 3 nitrogen and oxygen atoms in total. The summed E-state index contributed by atoms with van der Waals surface area (Å²) in [5.41, 5.74) is 9.45. The average Bonchev–Trinajstić information content (AvgIpc) is 3.37. The summed E-state index contributed by atoms with van der Waals surface area (Å²) in [6, 6.07) is 6.46. The first-order valence-corrected chi connectivity index (χ1v) is 9.18. The summed E-state index contributed by atoms with van der Waals surface area (Å²) in [5, 5.41) is 0. The van der Waals surface area contributed by atoms with Gasteiger partial charge in [-0.1, -0.05) is 32.3 Å². The van der Waals surface area contributed by atoms with Crippen LogP contribution in [0.4, 0.5) is 0 Å². The van der Waals surface area contributed by atoms with Gasteiger partial charge in [0.25, 0.3) is 0 Å². The van der Waals surface area contributed by atoms with Gasteiger partial charge in [0.2, 0.25) is 0 Å². The molecule has 0 amide bonds. The minimum Gasteiger partial charge on any atom is -0.426 e. The molecule has 24 heavy (non-hydrogen) atoms. The van der Waals surface area contributed by atoms with Gasteiger partial charge in [-0.15, -0.1) is 12.4 Å². The highest BCUT2D eigenvalue weighted by molar-refractivity contribution is 5.85. The Hall–Kier alpha value is -1.06. The molecule has 2 N–H and O–H groups in total. The topological polar surface area (TPSA) is 52.3 Å². The van der Waals surface area contributed by atoms with Gasteiger partial charge in [-0.3, -0.25) is 4.79 Å². The van der Waals surface area contributed by atoms with E-state index in [1.165, 1.54) is 36.8 Å². The van der Waals surface area contributed by atoms with Crippen LogP contribution in [0.2, 0.25) is 0 Å². The van der Waals surface area contributed by atoms with Crippen molar-refractivity contribution in [2.45, 2.75) is 69.7 Å². The SMILES string of the molecule is C[C@@]12CCCCCC(Cc3ccc(OC(=O)C4CC4)cc31)[C@@H]2N.Cl. The molecule has 1 aromatic rings. The van der Waals surface area contributed by atoms with Gasteiger partial charge in [0.15, 0.2) is 0 Å². The van der Waals surface area contributed by atoms with Crippen molar-refractivity contribution in [3.05, 3.63) is 29.3 Å². The second-order valence-electron chi connectivity index (χ2n) is 8.02. The first-order valence-electron chi connectivity index (χ1n) is 9.18. The molecule has 3 atom stereocenters. The first-order chi connectivity index (χ1) is 11.1. The fraction of sp³-hybridized carbons (Fsp3) is 0.650. The number of esters is 1. The number of hydrogen-bond donors (Lipinski definition) is 1. The number of rotatable bonds is 2. The van der Waals surface area contributed by atoms with Crippen molar-refractivity contribution < 1.29 is 9.53 Å². The van der Waals surface area contributed by atoms with Crippen LogP contribution in [0.5, 0.6) is 5.75 Å². The highest BCUT2D eigenvalue weighted by Crippen LogP contribution is 2.46. The standard InChI is InChI=1S/C20H27NO2.ClH/c1-20-10-4-2-3-5-15(18(20)21)11-14-8-9-16(12-17(14)20)23-19(22)13-6-7-13;/h8-9,12-13,15,18H,2-7,10-11,21H2,1H3;1H/t15?,18-,20+;/m0./s1. The highest BCUT2D eigenvalue weighted by atomic mass is 35.5. The van der Waals surface area contributed by atoms with Gasteiger partial charge in [-0.05, 0) is 61.3 Å². The molecule has 0 aliphatic heterocycles. The normalized spacial score (nSPS) is 31.9. The summed E-state index contributed by atoms with van der Waals surface area (Å²) in [5.74, 6) is 1.36. The molecule has 1 unspecified atom stereocenters. The monoisotopic (exact) mass is 349 g/mol. The summed E-state index contributed by atoms with van der Waals surface area (Å²) in [7, 11) is 0. The van der Waals surface area contributed by atoms with E-state index in [0.29, 0.717) is 11.7 Å². The van der Waals surface area contributed by atoms with Crippen LogP contribution in [0.25, 0.3) is 0 Å². The van der Waals surface area contributed by atoms with Gasteiger partial charge in [-0.25, -0.2) is 0 Å². The zero-order valence-electron chi connectivity index (χ0n) is 14.4. The van der Waals surface area contributed by atoms with Crippen LogP contribution >= 0.6 is 12.4 Å². The van der Waals surface area contributed by atoms with Crippen LogP contribution in [0, 0.1) is 11.8 Å². The second-order valence-corrected chi connectivity index (χ2v) is 8.02. The van der Waals surface area contributed by atoms with Gasteiger partial charge in [0.1, 0.15) is 5.75 Å². The number of halogens is 1. The molecule has 3 aliphatic carbocycles. The lowest BCUT2D eigenvalue weighted by Crippen LogP contribution is -2.52. The Bertz CT molecular complexity index is 628. The molecule has 0 radical (unpaired) electrons. The van der Waals surface area contributed by atoms with E-state index in [1.807, 2.05) is 6.07 Å². The van der Waals surface area contributed by atoms with Crippen molar-refractivity contribution >= 4 is 18.4 Å². The molecule has 4 rings (SSSR count). The van der Waals surface area contributed by atoms with E-state index in [1.54, 1.807) is 0 Å². The highest BCUT2D eigenvalue weighted by Gasteiger charge is 2.44. The van der Waals surface area contributed by atoms with Crippen LogP contribution < -0.4 is 10.5 Å². The number of ether oxygens (including phenoxy) is 1. The largest absolute Gasteiger partial charge is 0.426 e. The molecule has 4 heteroatoms. The van der Waals surface area contributed by atoms with E-state index in [0.717, 1.165) is 25.7 Å². The molecule has 0 heterocycles. The lowest BCUT2D eigenvalue weighted by Gasteiger charge is -2.47. The molecule has 3 aliphatic rings. The van der Waals surface area contributed by atoms with Crippen LogP contribution in [0.15, 0.2) is 18.2 Å². The van der Waals surface area contributed by atoms with E-state index in [4.69, 9.17) is 10.5 Å². The summed E-state index contributed by atoms with van der Waals surface area (Å²) < 4.78 is 5.60. The number of hydrogen-bond acceptors (Lipinski definition) is 3. The molecular formula is C20H28ClNO2. The molecule has 1 aromatic carbocycles. The van der Waals surface area contributed by atoms with Gasteiger partial charge in [0.05, 0.1) is 5.92 Å². The quantitative estimate of drug-likeness (QED) is 0.644. The third-order valence-electron chi connectivity index (χ3n) is 6.32. The molecule has 0 spiro atoms. The zero-order chi connectivity index (χ0) is 16.0. The van der Waals surface area contributed by atoms with Crippen molar-refractivity contribution in [1.29, 1.82) is 0 Å². The second kappa shape index (κ2) is 6.68. The molecule has 0 saturated heterocycles. The number of carbonyl (C=O) groups is 1. The third kappa shape index (κ3) is 3.09. The lowest BCUT2D eigenvalue weighted by atomic mass is 9.60. The maximum absolute atomic E-state index is 12.0. The van der Waals surface area contributed by atoms with Crippen molar-refractivity contribution in [2.24, 2.45) is 17.6 Å². The summed E-state index contributed by atoms with van der Waals surface area (Å²) >= 11 is 0. The molecule has 2 bridgehead atoms. The fourth-order valence-electron chi connectivity index (χ4n) is 4.61. The lowest BCUT2D eigenvalue weighted by molar-refractivity contribution is -0.135. The molecule has 132 valence electrons. The Morgan fingerprint density at radius 2 is 2.00 bits per heavy atom. The minimum atomic E-state index is -0.0641. The van der Waals surface area contributed by atoms with Crippen molar-refractivity contribution in [1.82, 2.24) is 0 Å². The van der Waals surface area contributed by atoms with E-state index in [9.17, 15) is 4.79 Å². The maximum atomic E-state index is 12.0. The molecular weight excluding hydrogens is 322 g/mol. The predicted octanol–water partition coefficient (Wildman–Crippen LogP) is 4.15. The number of benzene rings is 1. The molecule has 0 aromatic heterocycles. The Balaban J connectivity index is 0.00000169. The maximum Gasteiger partial charge on any atom is 0.314 e. The van der Waals surface area contributed by atoms with Gasteiger partial charge >= 0.3 is 5.97 Å². The summed E-state index contributed by atoms with van der Waals surface area (Å²) in [4.78, 5) is 12.0. The fourth-order valence-corrected chi connectivity index (χ4v) is 4.61. The Kier molecular flexibility index (Phi) is 4.94. The van der Waals surface area contributed by atoms with Crippen molar-refractivity contribution in [3.63, 3.8) is 0 Å². The van der Waals surface area contributed by atoms with Crippen LogP contribution in [0.1, 0.15) is 63.0 Å². The van der Waals surface area contributed by atoms with E-state index >= 15 is 0 Å². The predicted molar refractivity (Wildman–Crippen MR) is 97.7 cm³/mol. The third-order valence-corrected chi connectivity index (χ3v) is 6.32. The van der Waals surface area contributed by atoms with Gasteiger partial charge in [0, 0.05) is 11.5 Å². The van der Waals surface area contributed by atoms with Crippen LogP contribution in [-0.4, -0.2) is 12.0 Å². The summed E-state index contributed by atoms with van der Waals surface area (Å²) in [6.07, 6.45) is 9.27. The minimum absolute atomic E-state index is 0. The van der Waals surface area contributed by atoms with Crippen LogP contribution in [-0.2, 0) is 16.6 Å². The van der Waals surface area contributed by atoms with Crippen molar-refractivity contribution in [2.75, 3.05) is 0 Å². The first kappa shape index (κ1) is 17.8. The van der Waals surface area contributed by atoms with Crippen LogP contribution in [0.3, 0.4) is 0 Å². The Morgan fingerprint density at radius 3 is 2.75 bits per heavy atom.